The van der Waals surface area contributed by atoms with E-state index in [0.717, 1.165) is 36.8 Å². The number of thiophene rings is 1. The molecule has 6 heteroatoms. The Morgan fingerprint density at radius 1 is 1.53 bits per heavy atom. The van der Waals surface area contributed by atoms with Gasteiger partial charge in [-0.05, 0) is 23.8 Å². The second-order valence-electron chi connectivity index (χ2n) is 4.15. The molecule has 2 N–H and O–H groups in total. The van der Waals surface area contributed by atoms with Gasteiger partial charge in [0.25, 0.3) is 5.89 Å². The Morgan fingerprint density at radius 2 is 2.47 bits per heavy atom. The van der Waals surface area contributed by atoms with Gasteiger partial charge in [0, 0.05) is 19.6 Å². The van der Waals surface area contributed by atoms with Crippen molar-refractivity contribution in [3.05, 3.63) is 17.3 Å². The average molecular weight is 251 g/mol. The molecule has 5 nitrogen and oxygen atoms in total. The highest BCUT2D eigenvalue weighted by Gasteiger charge is 2.20. The predicted molar refractivity (Wildman–Crippen MR) is 64.7 cm³/mol. The van der Waals surface area contributed by atoms with E-state index < -0.39 is 0 Å². The molecule has 1 aliphatic heterocycles. The summed E-state index contributed by atoms with van der Waals surface area (Å²) in [7, 11) is 0. The summed E-state index contributed by atoms with van der Waals surface area (Å²) in [5.74, 6) is 1.77. The van der Waals surface area contributed by atoms with Gasteiger partial charge in [0.15, 0.2) is 5.82 Å². The highest BCUT2D eigenvalue weighted by atomic mass is 32.1. The smallest absolute Gasteiger partial charge is 0.270 e. The molecule has 1 saturated heterocycles. The minimum atomic E-state index is 0.515. The lowest BCUT2D eigenvalue weighted by Crippen LogP contribution is -2.04. The van der Waals surface area contributed by atoms with Gasteiger partial charge in [-0.15, -0.1) is 11.3 Å². The van der Waals surface area contributed by atoms with Crippen LogP contribution in [0.1, 0.15) is 12.2 Å². The molecule has 90 valence electrons. The Kier molecular flexibility index (Phi) is 2.82. The first-order valence-electron chi connectivity index (χ1n) is 5.56. The maximum atomic E-state index is 5.81. The summed E-state index contributed by atoms with van der Waals surface area (Å²) in [6.07, 6.45) is 1.89. The number of aromatic nitrogens is 2. The Balaban J connectivity index is 1.76. The van der Waals surface area contributed by atoms with Crippen molar-refractivity contribution >= 4 is 17.0 Å². The van der Waals surface area contributed by atoms with Crippen LogP contribution in [-0.4, -0.2) is 23.4 Å². The van der Waals surface area contributed by atoms with Gasteiger partial charge >= 0.3 is 0 Å². The Hall–Kier alpha value is -1.40. The topological polar surface area (TPSA) is 74.2 Å². The molecular formula is C11H13N3O2S. The van der Waals surface area contributed by atoms with E-state index in [1.165, 1.54) is 11.3 Å². The summed E-state index contributed by atoms with van der Waals surface area (Å²) in [4.78, 5) is 5.23. The highest BCUT2D eigenvalue weighted by molar-refractivity contribution is 7.14. The third kappa shape index (κ3) is 2.18. The Labute approximate surface area is 103 Å². The number of hydrogen-bond acceptors (Lipinski definition) is 6. The van der Waals surface area contributed by atoms with Crippen molar-refractivity contribution in [2.75, 3.05) is 18.9 Å². The zero-order valence-electron chi connectivity index (χ0n) is 9.26. The van der Waals surface area contributed by atoms with E-state index in [2.05, 4.69) is 10.1 Å². The van der Waals surface area contributed by atoms with Gasteiger partial charge in [-0.2, -0.15) is 4.98 Å². The van der Waals surface area contributed by atoms with E-state index in [1.54, 1.807) is 0 Å². The van der Waals surface area contributed by atoms with E-state index in [9.17, 15) is 0 Å². The number of rotatable bonds is 3. The SMILES string of the molecule is Nc1ccsc1-c1nc(CC2CCOC2)no1. The van der Waals surface area contributed by atoms with Gasteiger partial charge in [-0.25, -0.2) is 0 Å². The number of anilines is 1. The lowest BCUT2D eigenvalue weighted by atomic mass is 10.1. The zero-order chi connectivity index (χ0) is 11.7. The van der Waals surface area contributed by atoms with Gasteiger partial charge in [-0.1, -0.05) is 5.16 Å². The number of hydrogen-bond donors (Lipinski definition) is 1. The van der Waals surface area contributed by atoms with Crippen LogP contribution >= 0.6 is 11.3 Å². The third-order valence-corrected chi connectivity index (χ3v) is 3.77. The van der Waals surface area contributed by atoms with Crippen LogP contribution in [0, 0.1) is 5.92 Å². The molecule has 2 aromatic heterocycles. The standard InChI is InChI=1S/C11H13N3O2S/c12-8-2-4-17-10(8)11-13-9(14-16-11)5-7-1-3-15-6-7/h2,4,7H,1,3,5-6,12H2. The van der Waals surface area contributed by atoms with Crippen molar-refractivity contribution in [3.8, 4) is 10.8 Å². The minimum Gasteiger partial charge on any atom is -0.397 e. The molecular weight excluding hydrogens is 238 g/mol. The summed E-state index contributed by atoms with van der Waals surface area (Å²) in [6, 6.07) is 1.84. The van der Waals surface area contributed by atoms with Crippen molar-refractivity contribution < 1.29 is 9.26 Å². The van der Waals surface area contributed by atoms with Crippen LogP contribution in [0.2, 0.25) is 0 Å². The molecule has 1 unspecified atom stereocenters. The van der Waals surface area contributed by atoms with Gasteiger partial charge in [0.1, 0.15) is 4.88 Å². The molecule has 0 saturated carbocycles. The van der Waals surface area contributed by atoms with Crippen LogP contribution in [0.4, 0.5) is 5.69 Å². The molecule has 2 aromatic rings. The first-order valence-corrected chi connectivity index (χ1v) is 6.44. The fourth-order valence-electron chi connectivity index (χ4n) is 1.92. The van der Waals surface area contributed by atoms with E-state index in [4.69, 9.17) is 15.0 Å². The van der Waals surface area contributed by atoms with Crippen molar-refractivity contribution in [2.45, 2.75) is 12.8 Å². The van der Waals surface area contributed by atoms with E-state index in [0.29, 0.717) is 17.5 Å². The molecule has 1 atom stereocenters. The molecule has 3 rings (SSSR count). The molecule has 1 aliphatic rings. The molecule has 0 aliphatic carbocycles. The van der Waals surface area contributed by atoms with Crippen molar-refractivity contribution in [1.29, 1.82) is 0 Å². The summed E-state index contributed by atoms with van der Waals surface area (Å²) < 4.78 is 10.6. The molecule has 0 spiro atoms. The normalized spacial score (nSPS) is 19.9. The summed E-state index contributed by atoms with van der Waals surface area (Å²) in [5, 5.41) is 5.90. The second kappa shape index (κ2) is 4.46. The van der Waals surface area contributed by atoms with Crippen molar-refractivity contribution in [3.63, 3.8) is 0 Å². The lowest BCUT2D eigenvalue weighted by molar-refractivity contribution is 0.185. The van der Waals surface area contributed by atoms with E-state index >= 15 is 0 Å². The number of ether oxygens (including phenoxy) is 1. The van der Waals surface area contributed by atoms with E-state index in [1.807, 2.05) is 11.4 Å². The monoisotopic (exact) mass is 251 g/mol. The van der Waals surface area contributed by atoms with Crippen LogP contribution in [0.3, 0.4) is 0 Å². The van der Waals surface area contributed by atoms with Crippen LogP contribution < -0.4 is 5.73 Å². The molecule has 0 radical (unpaired) electrons. The third-order valence-electron chi connectivity index (χ3n) is 2.85. The Morgan fingerprint density at radius 3 is 3.18 bits per heavy atom. The molecule has 3 heterocycles. The molecule has 0 bridgehead atoms. The van der Waals surface area contributed by atoms with Crippen LogP contribution in [0.15, 0.2) is 16.0 Å². The number of nitrogens with zero attached hydrogens (tertiary/aromatic N) is 2. The van der Waals surface area contributed by atoms with Crippen LogP contribution in [-0.2, 0) is 11.2 Å². The maximum absolute atomic E-state index is 5.81. The Bertz CT molecular complexity index is 502. The fourth-order valence-corrected chi connectivity index (χ4v) is 2.66. The van der Waals surface area contributed by atoms with Crippen molar-refractivity contribution in [1.82, 2.24) is 10.1 Å². The highest BCUT2D eigenvalue weighted by Crippen LogP contribution is 2.30. The summed E-state index contributed by atoms with van der Waals surface area (Å²) in [6.45, 7) is 1.64. The van der Waals surface area contributed by atoms with Crippen molar-refractivity contribution in [2.24, 2.45) is 5.92 Å². The average Bonchev–Trinajstić information content (AvgIpc) is 3.00. The largest absolute Gasteiger partial charge is 0.397 e. The molecule has 0 amide bonds. The van der Waals surface area contributed by atoms with E-state index in [-0.39, 0.29) is 0 Å². The quantitative estimate of drug-likeness (QED) is 0.902. The minimum absolute atomic E-state index is 0.515. The summed E-state index contributed by atoms with van der Waals surface area (Å²) in [5.41, 5.74) is 6.50. The van der Waals surface area contributed by atoms with Gasteiger partial charge < -0.3 is 15.0 Å². The van der Waals surface area contributed by atoms with Gasteiger partial charge in [0.05, 0.1) is 5.69 Å². The maximum Gasteiger partial charge on any atom is 0.270 e. The zero-order valence-corrected chi connectivity index (χ0v) is 10.1. The van der Waals surface area contributed by atoms with Crippen LogP contribution in [0.25, 0.3) is 10.8 Å². The lowest BCUT2D eigenvalue weighted by Gasteiger charge is -2.00. The van der Waals surface area contributed by atoms with Gasteiger partial charge in [-0.3, -0.25) is 0 Å². The fraction of sp³-hybridized carbons (Fsp3) is 0.455. The molecule has 17 heavy (non-hydrogen) atoms. The number of nitrogens with two attached hydrogens (primary N) is 1. The van der Waals surface area contributed by atoms with Gasteiger partial charge in [0.2, 0.25) is 0 Å². The molecule has 0 aromatic carbocycles. The van der Waals surface area contributed by atoms with Crippen LogP contribution in [0.5, 0.6) is 0 Å². The predicted octanol–water partition coefficient (Wildman–Crippen LogP) is 1.96. The number of nitrogen functional groups attached to an aromatic ring is 1. The first kappa shape index (κ1) is 10.7. The first-order chi connectivity index (χ1) is 8.33. The summed E-state index contributed by atoms with van der Waals surface area (Å²) >= 11 is 1.51. The second-order valence-corrected chi connectivity index (χ2v) is 5.07. The molecule has 1 fully saturated rings.